The first kappa shape index (κ1) is 17.7. The lowest BCUT2D eigenvalue weighted by Gasteiger charge is -2.35. The lowest BCUT2D eigenvalue weighted by molar-refractivity contribution is -0.384. The SMILES string of the molecule is O=C(c1cc2ccccc2c(=O)o1)N1CCN(c2ccc([N+](=O)[O-])cc2)CC1. The van der Waals surface area contributed by atoms with Gasteiger partial charge in [0.15, 0.2) is 5.76 Å². The molecule has 0 saturated carbocycles. The molecule has 0 bridgehead atoms. The zero-order valence-electron chi connectivity index (χ0n) is 14.9. The molecule has 1 aliphatic heterocycles. The Labute approximate surface area is 159 Å². The van der Waals surface area contributed by atoms with Crippen molar-refractivity contribution in [3.8, 4) is 0 Å². The largest absolute Gasteiger partial charge is 0.417 e. The van der Waals surface area contributed by atoms with Crippen molar-refractivity contribution in [1.29, 1.82) is 0 Å². The van der Waals surface area contributed by atoms with Gasteiger partial charge in [-0.2, -0.15) is 0 Å². The van der Waals surface area contributed by atoms with Gasteiger partial charge in [-0.1, -0.05) is 18.2 Å². The summed E-state index contributed by atoms with van der Waals surface area (Å²) >= 11 is 0. The molecule has 1 saturated heterocycles. The molecule has 0 unspecified atom stereocenters. The summed E-state index contributed by atoms with van der Waals surface area (Å²) in [7, 11) is 0. The van der Waals surface area contributed by atoms with Crippen LogP contribution in [-0.2, 0) is 0 Å². The Hall–Kier alpha value is -3.68. The van der Waals surface area contributed by atoms with E-state index in [1.165, 1.54) is 12.1 Å². The number of non-ortho nitro benzene ring substituents is 1. The Morgan fingerprint density at radius 1 is 1.00 bits per heavy atom. The minimum absolute atomic E-state index is 0.0347. The van der Waals surface area contributed by atoms with Gasteiger partial charge in [0.25, 0.3) is 11.6 Å². The van der Waals surface area contributed by atoms with Crippen molar-refractivity contribution in [3.63, 3.8) is 0 Å². The molecule has 1 amide bonds. The number of carbonyl (C=O) groups is 1. The Balaban J connectivity index is 1.47. The van der Waals surface area contributed by atoms with Gasteiger partial charge in [0, 0.05) is 44.0 Å². The second-order valence-electron chi connectivity index (χ2n) is 6.54. The number of hydrogen-bond donors (Lipinski definition) is 0. The van der Waals surface area contributed by atoms with Crippen LogP contribution in [-0.4, -0.2) is 41.9 Å². The predicted molar refractivity (Wildman–Crippen MR) is 104 cm³/mol. The number of nitro benzene ring substituents is 1. The molecule has 2 heterocycles. The molecule has 1 fully saturated rings. The number of benzene rings is 2. The zero-order valence-corrected chi connectivity index (χ0v) is 14.9. The third-order valence-corrected chi connectivity index (χ3v) is 4.87. The third-order valence-electron chi connectivity index (χ3n) is 4.87. The lowest BCUT2D eigenvalue weighted by atomic mass is 10.1. The van der Waals surface area contributed by atoms with E-state index in [2.05, 4.69) is 4.90 Å². The molecule has 8 nitrogen and oxygen atoms in total. The summed E-state index contributed by atoms with van der Waals surface area (Å²) in [6.07, 6.45) is 0. The minimum atomic E-state index is -0.522. The van der Waals surface area contributed by atoms with Crippen LogP contribution in [0.4, 0.5) is 11.4 Å². The standard InChI is InChI=1S/C20H17N3O5/c24-19(18-13-14-3-1-2-4-17(14)20(25)28-18)22-11-9-21(10-12-22)15-5-7-16(8-6-15)23(26)27/h1-8,13H,9-12H2. The molecule has 0 radical (unpaired) electrons. The van der Waals surface area contributed by atoms with Crippen molar-refractivity contribution in [2.24, 2.45) is 0 Å². The number of anilines is 1. The first-order chi connectivity index (χ1) is 13.5. The topological polar surface area (TPSA) is 96.9 Å². The maximum absolute atomic E-state index is 12.8. The fourth-order valence-electron chi connectivity index (χ4n) is 3.35. The van der Waals surface area contributed by atoms with E-state index in [-0.39, 0.29) is 17.4 Å². The van der Waals surface area contributed by atoms with E-state index < -0.39 is 10.5 Å². The number of fused-ring (bicyclic) bond motifs is 1. The van der Waals surface area contributed by atoms with Crippen molar-refractivity contribution in [2.45, 2.75) is 0 Å². The molecule has 1 aliphatic rings. The normalized spacial score (nSPS) is 14.3. The summed E-state index contributed by atoms with van der Waals surface area (Å²) in [4.78, 5) is 38.9. The molecule has 142 valence electrons. The van der Waals surface area contributed by atoms with Gasteiger partial charge in [-0.25, -0.2) is 4.79 Å². The van der Waals surface area contributed by atoms with E-state index in [0.717, 1.165) is 5.69 Å². The van der Waals surface area contributed by atoms with Crippen LogP contribution in [0.3, 0.4) is 0 Å². The minimum Gasteiger partial charge on any atom is -0.417 e. The number of hydrogen-bond acceptors (Lipinski definition) is 6. The lowest BCUT2D eigenvalue weighted by Crippen LogP contribution is -2.48. The first-order valence-electron chi connectivity index (χ1n) is 8.84. The van der Waals surface area contributed by atoms with E-state index in [1.807, 2.05) is 0 Å². The van der Waals surface area contributed by atoms with Crippen molar-refractivity contribution in [2.75, 3.05) is 31.1 Å². The summed E-state index contributed by atoms with van der Waals surface area (Å²) in [6, 6.07) is 14.9. The van der Waals surface area contributed by atoms with Crippen LogP contribution in [0.15, 0.2) is 63.8 Å². The van der Waals surface area contributed by atoms with E-state index in [4.69, 9.17) is 4.42 Å². The van der Waals surface area contributed by atoms with Gasteiger partial charge in [-0.3, -0.25) is 14.9 Å². The van der Waals surface area contributed by atoms with Crippen LogP contribution in [0, 0.1) is 10.1 Å². The van der Waals surface area contributed by atoms with Crippen molar-refractivity contribution >= 4 is 28.1 Å². The summed E-state index contributed by atoms with van der Waals surface area (Å²) in [6.45, 7) is 2.10. The van der Waals surface area contributed by atoms with Crippen LogP contribution in [0.5, 0.6) is 0 Å². The number of rotatable bonds is 3. The van der Waals surface area contributed by atoms with Gasteiger partial charge in [-0.15, -0.1) is 0 Å². The second-order valence-corrected chi connectivity index (χ2v) is 6.54. The summed E-state index contributed by atoms with van der Waals surface area (Å²) in [5, 5.41) is 11.9. The number of nitro groups is 1. The van der Waals surface area contributed by atoms with Crippen LogP contribution in [0.2, 0.25) is 0 Å². The molecule has 0 spiro atoms. The van der Waals surface area contributed by atoms with Crippen LogP contribution >= 0.6 is 0 Å². The first-order valence-corrected chi connectivity index (χ1v) is 8.84. The maximum Gasteiger partial charge on any atom is 0.344 e. The van der Waals surface area contributed by atoms with Crippen LogP contribution in [0.25, 0.3) is 10.8 Å². The maximum atomic E-state index is 12.8. The van der Waals surface area contributed by atoms with Gasteiger partial charge >= 0.3 is 5.63 Å². The van der Waals surface area contributed by atoms with E-state index in [9.17, 15) is 19.7 Å². The average Bonchev–Trinajstić information content (AvgIpc) is 2.73. The molecule has 0 atom stereocenters. The summed E-state index contributed by atoms with van der Waals surface area (Å²) in [5.41, 5.74) is 0.393. The molecule has 4 rings (SSSR count). The van der Waals surface area contributed by atoms with Crippen molar-refractivity contribution in [1.82, 2.24) is 4.90 Å². The highest BCUT2D eigenvalue weighted by Gasteiger charge is 2.24. The van der Waals surface area contributed by atoms with Crippen LogP contribution < -0.4 is 10.5 Å². The van der Waals surface area contributed by atoms with E-state index in [0.29, 0.717) is 37.0 Å². The second kappa shape index (κ2) is 7.15. The van der Waals surface area contributed by atoms with Gasteiger partial charge < -0.3 is 14.2 Å². The van der Waals surface area contributed by atoms with Crippen molar-refractivity contribution < 1.29 is 14.1 Å². The third kappa shape index (κ3) is 3.32. The molecule has 3 aromatic rings. The number of carbonyl (C=O) groups excluding carboxylic acids is 1. The molecule has 1 aromatic heterocycles. The smallest absolute Gasteiger partial charge is 0.344 e. The van der Waals surface area contributed by atoms with Crippen LogP contribution in [0.1, 0.15) is 10.6 Å². The molecular formula is C20H17N3O5. The van der Waals surface area contributed by atoms with E-state index >= 15 is 0 Å². The number of amides is 1. The van der Waals surface area contributed by atoms with Crippen molar-refractivity contribution in [3.05, 3.63) is 80.9 Å². The quantitative estimate of drug-likeness (QED) is 0.513. The van der Waals surface area contributed by atoms with Gasteiger partial charge in [0.1, 0.15) is 0 Å². The zero-order chi connectivity index (χ0) is 19.7. The fourth-order valence-corrected chi connectivity index (χ4v) is 3.35. The average molecular weight is 379 g/mol. The Kier molecular flexibility index (Phi) is 4.52. The molecular weight excluding hydrogens is 362 g/mol. The Bertz CT molecular complexity index is 1100. The highest BCUT2D eigenvalue weighted by Crippen LogP contribution is 2.21. The Morgan fingerprint density at radius 2 is 1.68 bits per heavy atom. The highest BCUT2D eigenvalue weighted by molar-refractivity contribution is 5.95. The summed E-state index contributed by atoms with van der Waals surface area (Å²) < 4.78 is 5.23. The van der Waals surface area contributed by atoms with Gasteiger partial charge in [0.2, 0.25) is 0 Å². The number of piperazine rings is 1. The predicted octanol–water partition coefficient (Wildman–Crippen LogP) is 2.66. The Morgan fingerprint density at radius 3 is 2.36 bits per heavy atom. The molecule has 2 aromatic carbocycles. The number of nitrogens with zero attached hydrogens (tertiary/aromatic N) is 3. The van der Waals surface area contributed by atoms with Gasteiger partial charge in [0.05, 0.1) is 10.3 Å². The molecule has 8 heteroatoms. The molecule has 28 heavy (non-hydrogen) atoms. The highest BCUT2D eigenvalue weighted by atomic mass is 16.6. The fraction of sp³-hybridized carbons (Fsp3) is 0.200. The van der Waals surface area contributed by atoms with Gasteiger partial charge in [-0.05, 0) is 29.7 Å². The van der Waals surface area contributed by atoms with E-state index in [1.54, 1.807) is 47.4 Å². The summed E-state index contributed by atoms with van der Waals surface area (Å²) in [5.74, 6) is -0.279. The molecule has 0 N–H and O–H groups in total. The monoisotopic (exact) mass is 379 g/mol. The molecule has 0 aliphatic carbocycles.